The van der Waals surface area contributed by atoms with E-state index in [0.717, 1.165) is 10.6 Å². The predicted octanol–water partition coefficient (Wildman–Crippen LogP) is 2.80. The molecule has 0 aromatic carbocycles. The summed E-state index contributed by atoms with van der Waals surface area (Å²) in [5.41, 5.74) is 0. The zero-order valence-electron chi connectivity index (χ0n) is 7.19. The Labute approximate surface area is 79.9 Å². The summed E-state index contributed by atoms with van der Waals surface area (Å²) < 4.78 is 10.3. The predicted molar refractivity (Wildman–Crippen MR) is 51.0 cm³/mol. The first-order chi connectivity index (χ1) is 6.40. The molecular weight excluding hydrogens is 186 g/mol. The first-order valence-corrected chi connectivity index (χ1v) is 4.91. The summed E-state index contributed by atoms with van der Waals surface area (Å²) in [6.45, 7) is 2.52. The quantitative estimate of drug-likeness (QED) is 0.755. The minimum Gasteiger partial charge on any atom is -0.476 e. The molecule has 0 bridgehead atoms. The third-order valence-corrected chi connectivity index (χ3v) is 2.43. The molecule has 4 heteroatoms. The second-order valence-corrected chi connectivity index (χ2v) is 3.39. The number of thiophene rings is 1. The lowest BCUT2D eigenvalue weighted by molar-refractivity contribution is 0.296. The maximum atomic E-state index is 5.18. The van der Waals surface area contributed by atoms with Crippen molar-refractivity contribution in [1.29, 1.82) is 0 Å². The van der Waals surface area contributed by atoms with Gasteiger partial charge in [0, 0.05) is 0 Å². The molecule has 0 amide bonds. The number of hydrogen-bond donors (Lipinski definition) is 0. The van der Waals surface area contributed by atoms with Crippen LogP contribution in [0.25, 0.3) is 10.6 Å². The zero-order valence-corrected chi connectivity index (χ0v) is 8.00. The molecule has 0 fully saturated rings. The van der Waals surface area contributed by atoms with Gasteiger partial charge in [0.25, 0.3) is 5.88 Å². The fourth-order valence-electron chi connectivity index (χ4n) is 1.01. The van der Waals surface area contributed by atoms with Crippen molar-refractivity contribution in [2.75, 3.05) is 6.61 Å². The van der Waals surface area contributed by atoms with Gasteiger partial charge in [-0.05, 0) is 23.5 Å². The summed E-state index contributed by atoms with van der Waals surface area (Å²) in [7, 11) is 0. The summed E-state index contributed by atoms with van der Waals surface area (Å²) >= 11 is 1.62. The Morgan fingerprint density at radius 1 is 1.62 bits per heavy atom. The van der Waals surface area contributed by atoms with Crippen molar-refractivity contribution in [2.45, 2.75) is 6.92 Å². The van der Waals surface area contributed by atoms with E-state index < -0.39 is 0 Å². The molecule has 0 aliphatic carbocycles. The van der Waals surface area contributed by atoms with Crippen molar-refractivity contribution in [3.05, 3.63) is 23.6 Å². The second kappa shape index (κ2) is 3.62. The van der Waals surface area contributed by atoms with Gasteiger partial charge in [0.2, 0.25) is 0 Å². The van der Waals surface area contributed by atoms with Crippen LogP contribution in [0.2, 0.25) is 0 Å². The van der Waals surface area contributed by atoms with E-state index in [1.54, 1.807) is 17.4 Å². The standard InChI is InChI=1S/C9H9NO2S/c1-2-11-9-6-7(12-10-9)8-4-3-5-13-8/h3-6H,2H2,1H3. The molecule has 2 aromatic rings. The third-order valence-electron chi connectivity index (χ3n) is 1.54. The van der Waals surface area contributed by atoms with Gasteiger partial charge in [-0.3, -0.25) is 0 Å². The molecule has 0 saturated heterocycles. The van der Waals surface area contributed by atoms with Crippen LogP contribution in [0.1, 0.15) is 6.92 Å². The fourth-order valence-corrected chi connectivity index (χ4v) is 1.68. The van der Waals surface area contributed by atoms with Crippen molar-refractivity contribution < 1.29 is 9.26 Å². The Kier molecular flexibility index (Phi) is 2.31. The van der Waals surface area contributed by atoms with Crippen LogP contribution >= 0.6 is 11.3 Å². The van der Waals surface area contributed by atoms with Crippen molar-refractivity contribution in [2.24, 2.45) is 0 Å². The van der Waals surface area contributed by atoms with Crippen LogP contribution in [0.15, 0.2) is 28.1 Å². The van der Waals surface area contributed by atoms with Gasteiger partial charge in [0.1, 0.15) is 0 Å². The van der Waals surface area contributed by atoms with E-state index in [1.165, 1.54) is 0 Å². The van der Waals surface area contributed by atoms with E-state index in [2.05, 4.69) is 5.16 Å². The molecule has 0 aliphatic heterocycles. The molecule has 0 atom stereocenters. The molecule has 0 aliphatic rings. The maximum absolute atomic E-state index is 5.18. The molecule has 13 heavy (non-hydrogen) atoms. The Morgan fingerprint density at radius 3 is 3.23 bits per heavy atom. The summed E-state index contributed by atoms with van der Waals surface area (Å²) in [6, 6.07) is 5.76. The molecule has 2 heterocycles. The molecule has 0 saturated carbocycles. The monoisotopic (exact) mass is 195 g/mol. The van der Waals surface area contributed by atoms with Crippen molar-refractivity contribution in [3.8, 4) is 16.5 Å². The van der Waals surface area contributed by atoms with Crippen molar-refractivity contribution in [3.63, 3.8) is 0 Å². The first-order valence-electron chi connectivity index (χ1n) is 4.03. The van der Waals surface area contributed by atoms with Crippen LogP contribution in [0.3, 0.4) is 0 Å². The number of nitrogens with zero attached hydrogens (tertiary/aromatic N) is 1. The lowest BCUT2D eigenvalue weighted by Gasteiger charge is -1.91. The van der Waals surface area contributed by atoms with Gasteiger partial charge in [-0.15, -0.1) is 11.3 Å². The van der Waals surface area contributed by atoms with Gasteiger partial charge < -0.3 is 9.26 Å². The Bertz CT molecular complexity index is 367. The summed E-state index contributed by atoms with van der Waals surface area (Å²) in [5, 5.41) is 5.77. The topological polar surface area (TPSA) is 35.3 Å². The second-order valence-electron chi connectivity index (χ2n) is 2.44. The van der Waals surface area contributed by atoms with Crippen LogP contribution in [-0.4, -0.2) is 11.8 Å². The molecule has 2 rings (SSSR count). The van der Waals surface area contributed by atoms with Gasteiger partial charge in [-0.1, -0.05) is 6.07 Å². The number of aromatic nitrogens is 1. The smallest absolute Gasteiger partial charge is 0.254 e. The Balaban J connectivity index is 2.23. The highest BCUT2D eigenvalue weighted by Gasteiger charge is 2.06. The van der Waals surface area contributed by atoms with E-state index in [9.17, 15) is 0 Å². The minimum atomic E-state index is 0.547. The average Bonchev–Trinajstić information content (AvgIpc) is 2.70. The van der Waals surface area contributed by atoms with E-state index in [1.807, 2.05) is 24.4 Å². The summed E-state index contributed by atoms with van der Waals surface area (Å²) in [5.74, 6) is 1.31. The highest BCUT2D eigenvalue weighted by molar-refractivity contribution is 7.13. The molecule has 68 valence electrons. The van der Waals surface area contributed by atoms with E-state index in [4.69, 9.17) is 9.26 Å². The summed E-state index contributed by atoms with van der Waals surface area (Å²) in [6.07, 6.45) is 0. The van der Waals surface area contributed by atoms with Gasteiger partial charge in [0.15, 0.2) is 5.76 Å². The normalized spacial score (nSPS) is 10.2. The number of ether oxygens (including phenoxy) is 1. The Morgan fingerprint density at radius 2 is 2.54 bits per heavy atom. The Hall–Kier alpha value is -1.29. The molecule has 3 nitrogen and oxygen atoms in total. The lowest BCUT2D eigenvalue weighted by Crippen LogP contribution is -1.89. The van der Waals surface area contributed by atoms with Gasteiger partial charge >= 0.3 is 0 Å². The SMILES string of the molecule is CCOc1cc(-c2cccs2)on1. The van der Waals surface area contributed by atoms with Crippen LogP contribution in [-0.2, 0) is 0 Å². The van der Waals surface area contributed by atoms with E-state index in [-0.39, 0.29) is 0 Å². The van der Waals surface area contributed by atoms with Crippen molar-refractivity contribution in [1.82, 2.24) is 5.16 Å². The highest BCUT2D eigenvalue weighted by Crippen LogP contribution is 2.27. The van der Waals surface area contributed by atoms with Crippen LogP contribution < -0.4 is 4.74 Å². The van der Waals surface area contributed by atoms with E-state index >= 15 is 0 Å². The third kappa shape index (κ3) is 1.72. The molecule has 0 unspecified atom stereocenters. The zero-order chi connectivity index (χ0) is 9.10. The van der Waals surface area contributed by atoms with Gasteiger partial charge in [-0.25, -0.2) is 0 Å². The van der Waals surface area contributed by atoms with Crippen LogP contribution in [0.4, 0.5) is 0 Å². The molecule has 0 spiro atoms. The maximum Gasteiger partial charge on any atom is 0.254 e. The number of hydrogen-bond acceptors (Lipinski definition) is 4. The molecule has 0 N–H and O–H groups in total. The lowest BCUT2D eigenvalue weighted by atomic mass is 10.4. The molecule has 2 aromatic heterocycles. The largest absolute Gasteiger partial charge is 0.476 e. The molecular formula is C9H9NO2S. The first kappa shape index (κ1) is 8.31. The van der Waals surface area contributed by atoms with E-state index in [0.29, 0.717) is 12.5 Å². The molecule has 0 radical (unpaired) electrons. The fraction of sp³-hybridized carbons (Fsp3) is 0.222. The van der Waals surface area contributed by atoms with Gasteiger partial charge in [0.05, 0.1) is 17.6 Å². The van der Waals surface area contributed by atoms with Crippen LogP contribution in [0, 0.1) is 0 Å². The highest BCUT2D eigenvalue weighted by atomic mass is 32.1. The minimum absolute atomic E-state index is 0.547. The van der Waals surface area contributed by atoms with Gasteiger partial charge in [-0.2, -0.15) is 0 Å². The van der Waals surface area contributed by atoms with Crippen LogP contribution in [0.5, 0.6) is 5.88 Å². The average molecular weight is 195 g/mol. The van der Waals surface area contributed by atoms with Crippen molar-refractivity contribution >= 4 is 11.3 Å². The number of rotatable bonds is 3. The summed E-state index contributed by atoms with van der Waals surface area (Å²) in [4.78, 5) is 1.07.